The summed E-state index contributed by atoms with van der Waals surface area (Å²) >= 11 is 1.48. The molecule has 0 spiro atoms. The normalized spacial score (nSPS) is 11.8. The summed E-state index contributed by atoms with van der Waals surface area (Å²) in [6.07, 6.45) is 2.05. The molecule has 0 fully saturated rings. The average Bonchev–Trinajstić information content (AvgIpc) is 2.60. The van der Waals surface area contributed by atoms with Crippen molar-refractivity contribution in [1.82, 2.24) is 9.97 Å². The summed E-state index contributed by atoms with van der Waals surface area (Å²) in [7, 11) is 0. The fraction of sp³-hybridized carbons (Fsp3) is 0.389. The second-order valence-corrected chi connectivity index (χ2v) is 6.62. The number of non-ortho nitro benzene ring substituents is 1. The van der Waals surface area contributed by atoms with Crippen LogP contribution in [0.4, 0.5) is 5.69 Å². The van der Waals surface area contributed by atoms with Gasteiger partial charge in [-0.05, 0) is 44.6 Å². The maximum absolute atomic E-state index is 12.2. The zero-order chi connectivity index (χ0) is 19.3. The Kier molecular flexibility index (Phi) is 6.68. The monoisotopic (exact) mass is 375 g/mol. The van der Waals surface area contributed by atoms with E-state index in [1.165, 1.54) is 23.9 Å². The maximum atomic E-state index is 12.2. The van der Waals surface area contributed by atoms with Crippen molar-refractivity contribution in [2.75, 3.05) is 6.26 Å². The van der Waals surface area contributed by atoms with Crippen LogP contribution in [0.25, 0.3) is 0 Å². The summed E-state index contributed by atoms with van der Waals surface area (Å²) < 4.78 is 5.41. The Morgan fingerprint density at radius 2 is 1.96 bits per heavy atom. The van der Waals surface area contributed by atoms with Gasteiger partial charge < -0.3 is 4.74 Å². The third-order valence-corrected chi connectivity index (χ3v) is 4.57. The zero-order valence-electron chi connectivity index (χ0n) is 15.2. The van der Waals surface area contributed by atoms with Crippen molar-refractivity contribution < 1.29 is 14.5 Å². The molecule has 1 aromatic carbocycles. The van der Waals surface area contributed by atoms with Crippen molar-refractivity contribution in [3.63, 3.8) is 0 Å². The van der Waals surface area contributed by atoms with E-state index >= 15 is 0 Å². The lowest BCUT2D eigenvalue weighted by Gasteiger charge is -2.14. The number of ether oxygens (including phenoxy) is 1. The third-order valence-electron chi connectivity index (χ3n) is 4.02. The predicted octanol–water partition coefficient (Wildman–Crippen LogP) is 3.96. The molecule has 138 valence electrons. The quantitative estimate of drug-likeness (QED) is 0.238. The van der Waals surface area contributed by atoms with Gasteiger partial charge in [0.2, 0.25) is 0 Å². The lowest BCUT2D eigenvalue weighted by Crippen LogP contribution is -2.11. The molecular formula is C18H21N3O4S. The minimum Gasteiger partial charge on any atom is -0.458 e. The third kappa shape index (κ3) is 5.01. The van der Waals surface area contributed by atoms with E-state index < -0.39 is 11.0 Å². The fourth-order valence-electron chi connectivity index (χ4n) is 2.60. The second-order valence-electron chi connectivity index (χ2n) is 5.84. The highest BCUT2D eigenvalue weighted by Crippen LogP contribution is 2.23. The molecule has 0 saturated heterocycles. The van der Waals surface area contributed by atoms with Gasteiger partial charge in [-0.1, -0.05) is 23.9 Å². The van der Waals surface area contributed by atoms with E-state index in [0.717, 1.165) is 17.0 Å². The van der Waals surface area contributed by atoms with E-state index in [-0.39, 0.29) is 18.1 Å². The van der Waals surface area contributed by atoms with Gasteiger partial charge in [0.05, 0.1) is 4.92 Å². The molecule has 1 unspecified atom stereocenters. The van der Waals surface area contributed by atoms with E-state index in [2.05, 4.69) is 9.97 Å². The summed E-state index contributed by atoms with van der Waals surface area (Å²) in [6.45, 7) is 5.51. The number of aryl methyl sites for hydroxylation is 2. The van der Waals surface area contributed by atoms with Crippen LogP contribution < -0.4 is 0 Å². The molecule has 2 aromatic rings. The Hall–Kier alpha value is -2.48. The van der Waals surface area contributed by atoms with E-state index in [9.17, 15) is 14.9 Å². The van der Waals surface area contributed by atoms with Crippen LogP contribution in [0.15, 0.2) is 29.4 Å². The molecule has 1 aromatic heterocycles. The van der Waals surface area contributed by atoms with Crippen molar-refractivity contribution in [2.24, 2.45) is 0 Å². The van der Waals surface area contributed by atoms with Crippen LogP contribution in [0.3, 0.4) is 0 Å². The van der Waals surface area contributed by atoms with Crippen LogP contribution in [-0.4, -0.2) is 27.1 Å². The zero-order valence-corrected chi connectivity index (χ0v) is 16.0. The number of hydrogen-bond acceptors (Lipinski definition) is 7. The lowest BCUT2D eigenvalue weighted by molar-refractivity contribution is -0.385. The number of esters is 1. The van der Waals surface area contributed by atoms with Gasteiger partial charge in [-0.25, -0.2) is 9.97 Å². The summed E-state index contributed by atoms with van der Waals surface area (Å²) in [6, 6.07) is 6.10. The van der Waals surface area contributed by atoms with Crippen LogP contribution in [0.2, 0.25) is 0 Å². The minimum absolute atomic E-state index is 0.0253. The van der Waals surface area contributed by atoms with Gasteiger partial charge in [0.1, 0.15) is 6.10 Å². The molecule has 0 aliphatic carbocycles. The summed E-state index contributed by atoms with van der Waals surface area (Å²) in [5, 5.41) is 11.6. The Morgan fingerprint density at radius 3 is 2.54 bits per heavy atom. The van der Waals surface area contributed by atoms with Crippen molar-refractivity contribution in [3.05, 3.63) is 56.9 Å². The Bertz CT molecular complexity index is 803. The number of aromatic nitrogens is 2. The lowest BCUT2D eigenvalue weighted by atomic mass is 10.1. The number of nitrogens with zero attached hydrogens (tertiary/aromatic N) is 3. The Balaban J connectivity index is 1.99. The maximum Gasteiger partial charge on any atom is 0.306 e. The van der Waals surface area contributed by atoms with E-state index in [4.69, 9.17) is 4.74 Å². The van der Waals surface area contributed by atoms with Crippen LogP contribution >= 0.6 is 11.8 Å². The van der Waals surface area contributed by atoms with Crippen molar-refractivity contribution in [1.29, 1.82) is 0 Å². The molecule has 8 heteroatoms. The number of nitro benzene ring substituents is 1. The minimum atomic E-state index is -0.556. The molecule has 7 nitrogen and oxygen atoms in total. The number of rotatable bonds is 7. The van der Waals surface area contributed by atoms with E-state index in [0.29, 0.717) is 17.1 Å². The topological polar surface area (TPSA) is 95.2 Å². The molecule has 0 aliphatic rings. The van der Waals surface area contributed by atoms with Gasteiger partial charge in [0, 0.05) is 29.9 Å². The molecule has 1 heterocycles. The molecule has 1 atom stereocenters. The SMILES string of the molecule is CSc1nc(C)c(CCC(=O)OC(C)c2cccc([N+](=O)[O-])c2)c(C)n1. The fourth-order valence-corrected chi connectivity index (χ4v) is 3.06. The van der Waals surface area contributed by atoms with Gasteiger partial charge >= 0.3 is 5.97 Å². The van der Waals surface area contributed by atoms with Gasteiger partial charge in [0.15, 0.2) is 5.16 Å². The van der Waals surface area contributed by atoms with E-state index in [1.54, 1.807) is 19.1 Å². The molecule has 0 radical (unpaired) electrons. The second kappa shape index (κ2) is 8.75. The van der Waals surface area contributed by atoms with Crippen LogP contribution in [-0.2, 0) is 16.0 Å². The highest BCUT2D eigenvalue weighted by Gasteiger charge is 2.16. The molecule has 0 bridgehead atoms. The number of carbonyl (C=O) groups excluding carboxylic acids is 1. The summed E-state index contributed by atoms with van der Waals surface area (Å²) in [5.41, 5.74) is 3.24. The van der Waals surface area contributed by atoms with Gasteiger partial charge in [-0.15, -0.1) is 0 Å². The molecular weight excluding hydrogens is 354 g/mol. The standard InChI is InChI=1S/C18H21N3O4S/c1-11-16(12(2)20-18(19-11)26-4)8-9-17(22)25-13(3)14-6-5-7-15(10-14)21(23)24/h5-7,10,13H,8-9H2,1-4H3. The summed E-state index contributed by atoms with van der Waals surface area (Å²) in [4.78, 5) is 31.3. The first-order valence-corrected chi connectivity index (χ1v) is 9.36. The molecule has 2 rings (SSSR count). The van der Waals surface area contributed by atoms with Crippen molar-refractivity contribution in [3.8, 4) is 0 Å². The van der Waals surface area contributed by atoms with Crippen molar-refractivity contribution in [2.45, 2.75) is 44.9 Å². The van der Waals surface area contributed by atoms with Crippen molar-refractivity contribution >= 4 is 23.4 Å². The first-order valence-electron chi connectivity index (χ1n) is 8.13. The number of carbonyl (C=O) groups is 1. The number of thioether (sulfide) groups is 1. The number of nitro groups is 1. The first kappa shape index (κ1) is 19.8. The predicted molar refractivity (Wildman–Crippen MR) is 99.2 cm³/mol. The average molecular weight is 375 g/mol. The highest BCUT2D eigenvalue weighted by molar-refractivity contribution is 7.98. The smallest absolute Gasteiger partial charge is 0.306 e. The summed E-state index contributed by atoms with van der Waals surface area (Å²) in [5.74, 6) is -0.364. The Labute approximate surface area is 156 Å². The molecule has 26 heavy (non-hydrogen) atoms. The van der Waals surface area contributed by atoms with Crippen LogP contribution in [0.1, 0.15) is 42.0 Å². The van der Waals surface area contributed by atoms with E-state index in [1.807, 2.05) is 20.1 Å². The van der Waals surface area contributed by atoms with Gasteiger partial charge in [-0.3, -0.25) is 14.9 Å². The molecule has 0 N–H and O–H groups in total. The Morgan fingerprint density at radius 1 is 1.31 bits per heavy atom. The number of benzene rings is 1. The molecule has 0 aliphatic heterocycles. The molecule has 0 amide bonds. The van der Waals surface area contributed by atoms with Gasteiger partial charge in [-0.2, -0.15) is 0 Å². The first-order chi connectivity index (χ1) is 12.3. The van der Waals surface area contributed by atoms with Gasteiger partial charge in [0.25, 0.3) is 5.69 Å². The van der Waals surface area contributed by atoms with Crippen LogP contribution in [0.5, 0.6) is 0 Å². The largest absolute Gasteiger partial charge is 0.458 e. The molecule has 0 saturated carbocycles. The number of hydrogen-bond donors (Lipinski definition) is 0. The highest BCUT2D eigenvalue weighted by atomic mass is 32.2. The van der Waals surface area contributed by atoms with Crippen LogP contribution in [0, 0.1) is 24.0 Å².